The van der Waals surface area contributed by atoms with Crippen LogP contribution in [0, 0.1) is 0 Å². The Balaban J connectivity index is 1.42. The van der Waals surface area contributed by atoms with E-state index in [0.717, 1.165) is 54.5 Å². The van der Waals surface area contributed by atoms with Gasteiger partial charge in [0.15, 0.2) is 0 Å². The summed E-state index contributed by atoms with van der Waals surface area (Å²) in [4.78, 5) is 20.3. The molecule has 1 aliphatic rings. The average Bonchev–Trinajstić information content (AvgIpc) is 3.18. The maximum atomic E-state index is 5.84. The maximum absolute atomic E-state index is 5.84. The normalized spacial score (nSPS) is 15.3. The van der Waals surface area contributed by atoms with E-state index in [1.54, 1.807) is 19.5 Å². The van der Waals surface area contributed by atoms with Crippen molar-refractivity contribution < 1.29 is 9.47 Å². The van der Waals surface area contributed by atoms with E-state index in [2.05, 4.69) is 43.6 Å². The summed E-state index contributed by atoms with van der Waals surface area (Å²) in [5, 5.41) is 3.31. The first-order valence-corrected chi connectivity index (χ1v) is 10.4. The lowest BCUT2D eigenvalue weighted by molar-refractivity contribution is 0.00598. The quantitative estimate of drug-likeness (QED) is 0.565. The molecule has 3 aromatic rings. The molecule has 1 aliphatic heterocycles. The smallest absolute Gasteiger partial charge is 0.227 e. The van der Waals surface area contributed by atoms with Crippen molar-refractivity contribution in [2.45, 2.75) is 38.8 Å². The molecule has 9 nitrogen and oxygen atoms in total. The number of anilines is 3. The van der Waals surface area contributed by atoms with Crippen LogP contribution in [0.5, 0.6) is 0 Å². The number of piperidine rings is 1. The molecule has 0 saturated carbocycles. The molecule has 1 N–H and O–H groups in total. The van der Waals surface area contributed by atoms with Crippen LogP contribution in [0.15, 0.2) is 30.9 Å². The fraction of sp³-hybridized carbons (Fsp3) is 0.524. The summed E-state index contributed by atoms with van der Waals surface area (Å²) in [6.07, 6.45) is 7.62. The summed E-state index contributed by atoms with van der Waals surface area (Å²) in [7, 11) is 1.69. The second kappa shape index (κ2) is 9.36. The predicted octanol–water partition coefficient (Wildman–Crippen LogP) is 3.18. The number of hydrogen-bond donors (Lipinski definition) is 1. The molecule has 0 radical (unpaired) electrons. The van der Waals surface area contributed by atoms with Crippen molar-refractivity contribution in [3.8, 4) is 0 Å². The van der Waals surface area contributed by atoms with Crippen molar-refractivity contribution in [1.29, 1.82) is 0 Å². The first-order valence-electron chi connectivity index (χ1n) is 10.4. The van der Waals surface area contributed by atoms with Crippen LogP contribution in [0.1, 0.15) is 32.7 Å². The summed E-state index contributed by atoms with van der Waals surface area (Å²) in [5.41, 5.74) is 1.93. The molecule has 9 heteroatoms. The van der Waals surface area contributed by atoms with Crippen molar-refractivity contribution in [3.05, 3.63) is 30.9 Å². The minimum atomic E-state index is 0.277. The second-order valence-corrected chi connectivity index (χ2v) is 7.72. The first-order chi connectivity index (χ1) is 14.6. The van der Waals surface area contributed by atoms with Crippen LogP contribution in [-0.2, 0) is 9.47 Å². The molecule has 1 saturated heterocycles. The van der Waals surface area contributed by atoms with E-state index < -0.39 is 0 Å². The van der Waals surface area contributed by atoms with Gasteiger partial charge in [0.25, 0.3) is 0 Å². The van der Waals surface area contributed by atoms with E-state index >= 15 is 0 Å². The molecule has 4 rings (SSSR count). The Hall–Kier alpha value is -2.78. The fourth-order valence-electron chi connectivity index (χ4n) is 3.63. The molecule has 1 fully saturated rings. The monoisotopic (exact) mass is 411 g/mol. The lowest BCUT2D eigenvalue weighted by Crippen LogP contribution is -2.38. The van der Waals surface area contributed by atoms with Gasteiger partial charge in [-0.3, -0.25) is 0 Å². The maximum Gasteiger partial charge on any atom is 0.227 e. The van der Waals surface area contributed by atoms with E-state index in [4.69, 9.17) is 14.5 Å². The van der Waals surface area contributed by atoms with Gasteiger partial charge in [-0.15, -0.1) is 0 Å². The van der Waals surface area contributed by atoms with E-state index in [0.29, 0.717) is 19.3 Å². The van der Waals surface area contributed by atoms with Gasteiger partial charge in [0.1, 0.15) is 17.2 Å². The first kappa shape index (κ1) is 20.5. The Morgan fingerprint density at radius 3 is 2.73 bits per heavy atom. The number of methoxy groups -OCH3 is 1. The highest BCUT2D eigenvalue weighted by molar-refractivity contribution is 5.78. The molecule has 160 valence electrons. The number of hydrogen-bond acceptors (Lipinski definition) is 8. The minimum Gasteiger partial charge on any atom is -0.382 e. The van der Waals surface area contributed by atoms with E-state index in [1.807, 2.05) is 18.5 Å². The van der Waals surface area contributed by atoms with Crippen LogP contribution in [0.2, 0.25) is 0 Å². The zero-order valence-corrected chi connectivity index (χ0v) is 17.8. The number of aromatic nitrogens is 5. The average molecular weight is 412 g/mol. The zero-order chi connectivity index (χ0) is 20.9. The molecular formula is C21H29N7O2. The third-order valence-electron chi connectivity index (χ3n) is 5.28. The van der Waals surface area contributed by atoms with Gasteiger partial charge in [0, 0.05) is 38.5 Å². The largest absolute Gasteiger partial charge is 0.382 e. The van der Waals surface area contributed by atoms with E-state index in [1.165, 1.54) is 0 Å². The number of nitrogens with one attached hydrogen (secondary N) is 1. The number of imidazole rings is 1. The summed E-state index contributed by atoms with van der Waals surface area (Å²) in [5.74, 6) is 2.18. The van der Waals surface area contributed by atoms with Crippen LogP contribution < -0.4 is 10.2 Å². The minimum absolute atomic E-state index is 0.277. The molecule has 0 aromatic carbocycles. The van der Waals surface area contributed by atoms with Crippen molar-refractivity contribution >= 4 is 28.6 Å². The third kappa shape index (κ3) is 4.68. The Morgan fingerprint density at radius 1 is 1.13 bits per heavy atom. The van der Waals surface area contributed by atoms with Crippen molar-refractivity contribution in [2.75, 3.05) is 43.6 Å². The van der Waals surface area contributed by atoms with Gasteiger partial charge in [0.2, 0.25) is 5.95 Å². The van der Waals surface area contributed by atoms with Gasteiger partial charge in [-0.2, -0.15) is 4.98 Å². The SMILES string of the molecule is COCCOC1CCN(c2nccc(Nc3cc4c(cn3)ncn4C(C)C)n2)CC1. The molecule has 0 aliphatic carbocycles. The fourth-order valence-corrected chi connectivity index (χ4v) is 3.63. The lowest BCUT2D eigenvalue weighted by Gasteiger charge is -2.32. The van der Waals surface area contributed by atoms with Gasteiger partial charge in [0.05, 0.1) is 37.4 Å². The van der Waals surface area contributed by atoms with Gasteiger partial charge >= 0.3 is 0 Å². The summed E-state index contributed by atoms with van der Waals surface area (Å²) >= 11 is 0. The second-order valence-electron chi connectivity index (χ2n) is 7.72. The van der Waals surface area contributed by atoms with Crippen LogP contribution in [0.25, 0.3) is 11.0 Å². The summed E-state index contributed by atoms with van der Waals surface area (Å²) < 4.78 is 13.0. The molecule has 0 amide bonds. The van der Waals surface area contributed by atoms with Crippen LogP contribution in [-0.4, -0.2) is 64.0 Å². The van der Waals surface area contributed by atoms with Crippen LogP contribution in [0.3, 0.4) is 0 Å². The number of ether oxygens (including phenoxy) is 2. The van der Waals surface area contributed by atoms with Crippen molar-refractivity contribution in [3.63, 3.8) is 0 Å². The molecule has 0 spiro atoms. The topological polar surface area (TPSA) is 90.2 Å². The Morgan fingerprint density at radius 2 is 1.97 bits per heavy atom. The Kier molecular flexibility index (Phi) is 6.39. The van der Waals surface area contributed by atoms with Crippen molar-refractivity contribution in [1.82, 2.24) is 24.5 Å². The molecule has 30 heavy (non-hydrogen) atoms. The highest BCUT2D eigenvalue weighted by Crippen LogP contribution is 2.23. The van der Waals surface area contributed by atoms with E-state index in [-0.39, 0.29) is 6.10 Å². The number of nitrogens with zero attached hydrogens (tertiary/aromatic N) is 6. The van der Waals surface area contributed by atoms with Gasteiger partial charge in [-0.1, -0.05) is 0 Å². The van der Waals surface area contributed by atoms with Crippen molar-refractivity contribution in [2.24, 2.45) is 0 Å². The van der Waals surface area contributed by atoms with Gasteiger partial charge < -0.3 is 24.3 Å². The molecule has 0 atom stereocenters. The lowest BCUT2D eigenvalue weighted by atomic mass is 10.1. The Bertz CT molecular complexity index is 967. The molecule has 0 unspecified atom stereocenters. The predicted molar refractivity (Wildman–Crippen MR) is 116 cm³/mol. The standard InChI is InChI=1S/C21H29N7O2/c1-15(2)28-14-24-17-13-23-20(12-18(17)28)25-19-4-7-22-21(26-19)27-8-5-16(6-9-27)30-11-10-29-3/h4,7,12-16H,5-6,8-11H2,1-3H3,(H,22,23,25,26). The van der Waals surface area contributed by atoms with Gasteiger partial charge in [-0.25, -0.2) is 15.0 Å². The highest BCUT2D eigenvalue weighted by atomic mass is 16.5. The highest BCUT2D eigenvalue weighted by Gasteiger charge is 2.21. The number of pyridine rings is 1. The van der Waals surface area contributed by atoms with Crippen LogP contribution in [0.4, 0.5) is 17.6 Å². The van der Waals surface area contributed by atoms with Crippen LogP contribution >= 0.6 is 0 Å². The summed E-state index contributed by atoms with van der Waals surface area (Å²) in [6.45, 7) is 7.30. The molecule has 3 aromatic heterocycles. The van der Waals surface area contributed by atoms with E-state index in [9.17, 15) is 0 Å². The molecule has 4 heterocycles. The third-order valence-corrected chi connectivity index (χ3v) is 5.28. The molecular weight excluding hydrogens is 382 g/mol. The number of fused-ring (bicyclic) bond motifs is 1. The van der Waals surface area contributed by atoms with Gasteiger partial charge in [-0.05, 0) is 32.8 Å². The zero-order valence-electron chi connectivity index (χ0n) is 17.8. The number of rotatable bonds is 8. The molecule has 0 bridgehead atoms. The summed E-state index contributed by atoms with van der Waals surface area (Å²) in [6, 6.07) is 4.19. The Labute approximate surface area is 176 Å².